The van der Waals surface area contributed by atoms with Crippen LogP contribution in [0, 0.1) is 0 Å². The molecule has 0 fully saturated rings. The Kier molecular flexibility index (Phi) is 9.18. The zero-order valence-corrected chi connectivity index (χ0v) is 26.3. The van der Waals surface area contributed by atoms with E-state index in [-0.39, 0.29) is 30.7 Å². The minimum atomic E-state index is -3.70. The van der Waals surface area contributed by atoms with Crippen molar-refractivity contribution in [3.8, 4) is 0 Å². The van der Waals surface area contributed by atoms with Gasteiger partial charge in [0.1, 0.15) is 0 Å². The maximum atomic E-state index is 7.00. The number of hydrogen-bond acceptors (Lipinski definition) is 1. The van der Waals surface area contributed by atoms with E-state index in [4.69, 9.17) is 3.32 Å². The minimum Gasteiger partial charge on any atom is -1.00 e. The van der Waals surface area contributed by atoms with E-state index in [0.717, 1.165) is 0 Å². The average Bonchev–Trinajstić information content (AvgIpc) is 3.43. The predicted octanol–water partition coefficient (Wildman–Crippen LogP) is 1.53. The second-order valence-corrected chi connectivity index (χ2v) is 15.7. The van der Waals surface area contributed by atoms with Crippen molar-refractivity contribution in [3.05, 3.63) is 174 Å². The van der Waals surface area contributed by atoms with E-state index in [0.29, 0.717) is 0 Å². The molecule has 206 valence electrons. The molecule has 1 aliphatic rings. The Hall–Kier alpha value is -3.43. The quantitative estimate of drug-likeness (QED) is 0.257. The molecule has 0 aliphatic heterocycles. The van der Waals surface area contributed by atoms with Crippen LogP contribution in [0.3, 0.4) is 0 Å². The number of hydrogen-bond donors (Lipinski definition) is 0. The summed E-state index contributed by atoms with van der Waals surface area (Å²) in [5.74, 6) is 0.103. The van der Waals surface area contributed by atoms with Crippen molar-refractivity contribution in [2.45, 2.75) is 5.92 Å². The third-order valence-electron chi connectivity index (χ3n) is 8.33. The molecule has 42 heavy (non-hydrogen) atoms. The van der Waals surface area contributed by atoms with E-state index in [2.05, 4.69) is 158 Å². The fourth-order valence-electron chi connectivity index (χ4n) is 6.60. The van der Waals surface area contributed by atoms with Crippen LogP contribution in [0.25, 0.3) is 22.4 Å². The Bertz CT molecular complexity index is 1800. The van der Waals surface area contributed by atoms with E-state index < -0.39 is 17.0 Å². The summed E-state index contributed by atoms with van der Waals surface area (Å²) < 4.78 is 11.0. The van der Waals surface area contributed by atoms with E-state index in [1.165, 1.54) is 50.2 Å². The summed E-state index contributed by atoms with van der Waals surface area (Å²) in [4.78, 5) is 0. The van der Waals surface area contributed by atoms with E-state index in [9.17, 15) is 0 Å². The fourth-order valence-corrected chi connectivity index (χ4v) is 13.1. The predicted molar refractivity (Wildman–Crippen MR) is 165 cm³/mol. The van der Waals surface area contributed by atoms with Crippen LogP contribution in [-0.4, -0.2) is 7.11 Å². The van der Waals surface area contributed by atoms with Crippen LogP contribution >= 0.6 is 0 Å². The van der Waals surface area contributed by atoms with Crippen molar-refractivity contribution in [2.75, 3.05) is 7.11 Å². The summed E-state index contributed by atoms with van der Waals surface area (Å²) in [5, 5.41) is 2.53. The summed E-state index contributed by atoms with van der Waals surface area (Å²) in [7, 11) is 1.93. The molecule has 0 bridgehead atoms. The van der Waals surface area contributed by atoms with E-state index >= 15 is 0 Å². The third kappa shape index (κ3) is 4.96. The van der Waals surface area contributed by atoms with Crippen LogP contribution < -0.4 is 36.4 Å². The topological polar surface area (TPSA) is 9.23 Å². The van der Waals surface area contributed by atoms with E-state index in [1.807, 2.05) is 7.11 Å². The second kappa shape index (κ2) is 12.8. The van der Waals surface area contributed by atoms with Crippen molar-refractivity contribution >= 4 is 34.0 Å². The van der Waals surface area contributed by atoms with Crippen LogP contribution in [-0.2, 0) is 20.3 Å². The van der Waals surface area contributed by atoms with E-state index in [1.54, 1.807) is 0 Å². The van der Waals surface area contributed by atoms with Crippen molar-refractivity contribution in [1.29, 1.82) is 0 Å². The molecule has 0 amide bonds. The molecule has 0 spiro atoms. The number of benzene rings is 6. The molecule has 0 saturated carbocycles. The number of allylic oxidation sites excluding steroid dienone is 1. The Labute approximate surface area is 264 Å². The Morgan fingerprint density at radius 1 is 0.524 bits per heavy atom. The largest absolute Gasteiger partial charge is 1.00 e. The van der Waals surface area contributed by atoms with Gasteiger partial charge in [0.25, 0.3) is 0 Å². The minimum absolute atomic E-state index is 0. The molecule has 0 aromatic heterocycles. The van der Waals surface area contributed by atoms with Gasteiger partial charge in [-0.15, -0.1) is 0 Å². The molecular formula is C38H30Cl2OTi. The van der Waals surface area contributed by atoms with Crippen molar-refractivity contribution < 1.29 is 45.1 Å². The first kappa shape index (κ1) is 30.0. The zero-order chi connectivity index (χ0) is 26.9. The summed E-state index contributed by atoms with van der Waals surface area (Å²) >= 11 is -3.70. The number of rotatable bonds is 6. The summed E-state index contributed by atoms with van der Waals surface area (Å²) in [6, 6.07) is 55.2. The van der Waals surface area contributed by atoms with Gasteiger partial charge in [-0.3, -0.25) is 0 Å². The third-order valence-corrected chi connectivity index (χ3v) is 14.8. The molecule has 0 heterocycles. The Morgan fingerprint density at radius 2 is 1.07 bits per heavy atom. The molecule has 0 N–H and O–H groups in total. The molecule has 7 rings (SSSR count). The molecular weight excluding hydrogens is 591 g/mol. The van der Waals surface area contributed by atoms with Crippen molar-refractivity contribution in [1.82, 2.24) is 0 Å². The van der Waals surface area contributed by atoms with Gasteiger partial charge in [-0.05, 0) is 0 Å². The van der Waals surface area contributed by atoms with Crippen LogP contribution in [0.15, 0.2) is 152 Å². The smallest absolute Gasteiger partial charge is 1.00 e. The average molecular weight is 621 g/mol. The first-order valence-corrected chi connectivity index (χ1v) is 16.8. The molecule has 1 nitrogen and oxygen atoms in total. The van der Waals surface area contributed by atoms with Crippen LogP contribution in [0.5, 0.6) is 0 Å². The maximum Gasteiger partial charge on any atom is -1.00 e. The van der Waals surface area contributed by atoms with Gasteiger partial charge in [-0.1, -0.05) is 0 Å². The molecule has 0 radical (unpaired) electrons. The summed E-state index contributed by atoms with van der Waals surface area (Å²) in [5.41, 5.74) is 6.59. The first-order chi connectivity index (χ1) is 19.8. The number of fused-ring (bicyclic) bond motifs is 2. The van der Waals surface area contributed by atoms with Crippen LogP contribution in [0.4, 0.5) is 0 Å². The molecule has 1 atom stereocenters. The van der Waals surface area contributed by atoms with Crippen LogP contribution in [0.2, 0.25) is 0 Å². The van der Waals surface area contributed by atoms with Gasteiger partial charge in [-0.25, -0.2) is 0 Å². The van der Waals surface area contributed by atoms with Crippen molar-refractivity contribution in [3.63, 3.8) is 0 Å². The standard InChI is InChI=1S/C25H17.2C6H5.CH3O.2ClH.Ti/c1-2-9-19(10-3-1)24-17-21-12-6-7-13-23(21)25(24)22-15-14-18-8-4-5-11-20(18)16-22;2*1-2-4-6-5-3-1;1-2;;;/h1-15,17,25H;2*1-5H;1H3;2*1H;/q;;;-1;;;+3/p-2. The molecule has 6 aromatic rings. The fraction of sp³-hybridized carbons (Fsp3) is 0.0526. The number of halogens is 2. The summed E-state index contributed by atoms with van der Waals surface area (Å²) in [6.07, 6.45) is 2.39. The normalized spacial score (nSPS) is 13.5. The van der Waals surface area contributed by atoms with Gasteiger partial charge in [0.2, 0.25) is 0 Å². The van der Waals surface area contributed by atoms with Gasteiger partial charge in [0, 0.05) is 0 Å². The van der Waals surface area contributed by atoms with Gasteiger partial charge in [-0.2, -0.15) is 0 Å². The molecule has 6 aromatic carbocycles. The first-order valence-electron chi connectivity index (χ1n) is 13.9. The summed E-state index contributed by atoms with van der Waals surface area (Å²) in [6.45, 7) is 0. The maximum absolute atomic E-state index is 7.00. The van der Waals surface area contributed by atoms with Gasteiger partial charge < -0.3 is 24.8 Å². The Balaban J connectivity index is 0.00000176. The van der Waals surface area contributed by atoms with Crippen LogP contribution in [0.1, 0.15) is 28.2 Å². The van der Waals surface area contributed by atoms with Gasteiger partial charge in [0.15, 0.2) is 0 Å². The second-order valence-electron chi connectivity index (χ2n) is 10.4. The SMILES string of the molecule is C[O][Ti+2]([c]1ccccc1)([c]1ccccc1)[c]1c(C2C(c3ccccc3)=Cc3ccccc32)ccc2ccccc12.[Cl-].[Cl-]. The van der Waals surface area contributed by atoms with Gasteiger partial charge in [0.05, 0.1) is 0 Å². The molecule has 1 unspecified atom stereocenters. The van der Waals surface area contributed by atoms with Crippen molar-refractivity contribution in [2.24, 2.45) is 0 Å². The molecule has 4 heteroatoms. The van der Waals surface area contributed by atoms with Gasteiger partial charge >= 0.3 is 241 Å². The molecule has 1 aliphatic carbocycles. The Morgan fingerprint density at radius 3 is 1.71 bits per heavy atom. The zero-order valence-electron chi connectivity index (χ0n) is 23.3. The monoisotopic (exact) mass is 620 g/mol. The molecule has 0 saturated heterocycles.